The highest BCUT2D eigenvalue weighted by atomic mass is 19.4. The van der Waals surface area contributed by atoms with Gasteiger partial charge in [-0.3, -0.25) is 4.79 Å². The van der Waals surface area contributed by atoms with Crippen LogP contribution in [0.5, 0.6) is 0 Å². The highest BCUT2D eigenvalue weighted by Crippen LogP contribution is 2.29. The Bertz CT molecular complexity index is 567. The molecule has 1 aliphatic heterocycles. The van der Waals surface area contributed by atoms with Crippen LogP contribution >= 0.6 is 0 Å². The van der Waals surface area contributed by atoms with Crippen molar-refractivity contribution in [1.82, 2.24) is 10.2 Å². The van der Waals surface area contributed by atoms with Crippen LogP contribution in [0.4, 0.5) is 13.2 Å². The molecule has 1 heterocycles. The molecule has 1 atom stereocenters. The number of benzene rings is 1. The van der Waals surface area contributed by atoms with Crippen LogP contribution < -0.4 is 5.32 Å². The van der Waals surface area contributed by atoms with Crippen molar-refractivity contribution >= 4 is 12.0 Å². The van der Waals surface area contributed by atoms with Crippen LogP contribution in [0.2, 0.25) is 0 Å². The van der Waals surface area contributed by atoms with Gasteiger partial charge in [-0.05, 0) is 56.1 Å². The van der Waals surface area contributed by atoms with Crippen LogP contribution in [0.1, 0.15) is 24.0 Å². The van der Waals surface area contributed by atoms with Gasteiger partial charge >= 0.3 is 6.18 Å². The van der Waals surface area contributed by atoms with Gasteiger partial charge in [0.1, 0.15) is 0 Å². The first-order chi connectivity index (χ1) is 10.9. The van der Waals surface area contributed by atoms with Crippen molar-refractivity contribution in [2.75, 3.05) is 26.7 Å². The standard InChI is InChI=1S/C17H21F3N2O/c1-21-11-14-5-3-9-22(12-14)16(23)8-7-13-4-2-6-15(10-13)17(18,19)20/h2,4,6-8,10,14,21H,3,5,9,11-12H2,1H3/b8-7+. The molecule has 2 rings (SSSR count). The molecule has 6 heteroatoms. The summed E-state index contributed by atoms with van der Waals surface area (Å²) in [5.41, 5.74) is -0.337. The van der Waals surface area contributed by atoms with Gasteiger partial charge in [0.15, 0.2) is 0 Å². The first-order valence-corrected chi connectivity index (χ1v) is 7.69. The Labute approximate surface area is 134 Å². The third kappa shape index (κ3) is 5.10. The summed E-state index contributed by atoms with van der Waals surface area (Å²) in [7, 11) is 1.88. The molecule has 0 bridgehead atoms. The number of carbonyl (C=O) groups is 1. The Morgan fingerprint density at radius 1 is 1.43 bits per heavy atom. The van der Waals surface area contributed by atoms with Gasteiger partial charge in [-0.1, -0.05) is 12.1 Å². The number of nitrogens with one attached hydrogen (secondary N) is 1. The van der Waals surface area contributed by atoms with E-state index < -0.39 is 11.7 Å². The van der Waals surface area contributed by atoms with E-state index in [1.807, 2.05) is 7.05 Å². The molecule has 0 saturated carbocycles. The third-order valence-corrected chi connectivity index (χ3v) is 3.96. The molecule has 3 nitrogen and oxygen atoms in total. The summed E-state index contributed by atoms with van der Waals surface area (Å²) in [4.78, 5) is 14.0. The van der Waals surface area contributed by atoms with Gasteiger partial charge in [-0.2, -0.15) is 13.2 Å². The Balaban J connectivity index is 2.01. The molecule has 1 N–H and O–H groups in total. The number of rotatable bonds is 4. The lowest BCUT2D eigenvalue weighted by atomic mass is 9.98. The van der Waals surface area contributed by atoms with Crippen molar-refractivity contribution in [2.45, 2.75) is 19.0 Å². The molecule has 1 aliphatic rings. The second-order valence-electron chi connectivity index (χ2n) is 5.81. The third-order valence-electron chi connectivity index (χ3n) is 3.96. The largest absolute Gasteiger partial charge is 0.416 e. The van der Waals surface area contributed by atoms with Gasteiger partial charge in [0, 0.05) is 19.2 Å². The molecular weight excluding hydrogens is 305 g/mol. The second kappa shape index (κ2) is 7.64. The molecule has 23 heavy (non-hydrogen) atoms. The fourth-order valence-electron chi connectivity index (χ4n) is 2.81. The molecule has 1 unspecified atom stereocenters. The molecule has 1 amide bonds. The average Bonchev–Trinajstić information content (AvgIpc) is 2.53. The van der Waals surface area contributed by atoms with E-state index in [9.17, 15) is 18.0 Å². The molecule has 1 aromatic carbocycles. The molecular formula is C17H21F3N2O. The summed E-state index contributed by atoms with van der Waals surface area (Å²) in [5, 5.41) is 3.11. The zero-order valence-electron chi connectivity index (χ0n) is 13.1. The molecule has 0 radical (unpaired) electrons. The number of carbonyl (C=O) groups excluding carboxylic acids is 1. The minimum absolute atomic E-state index is 0.150. The van der Waals surface area contributed by atoms with Crippen molar-refractivity contribution in [3.63, 3.8) is 0 Å². The van der Waals surface area contributed by atoms with Gasteiger partial charge in [0.05, 0.1) is 5.56 Å². The lowest BCUT2D eigenvalue weighted by molar-refractivity contribution is -0.137. The summed E-state index contributed by atoms with van der Waals surface area (Å²) in [6.45, 7) is 2.25. The lowest BCUT2D eigenvalue weighted by Crippen LogP contribution is -2.41. The van der Waals surface area contributed by atoms with E-state index in [0.29, 0.717) is 24.6 Å². The molecule has 1 saturated heterocycles. The van der Waals surface area contributed by atoms with Gasteiger partial charge in [0.25, 0.3) is 0 Å². The van der Waals surface area contributed by atoms with Crippen LogP contribution in [0.25, 0.3) is 6.08 Å². The number of hydrogen-bond donors (Lipinski definition) is 1. The maximum atomic E-state index is 12.7. The molecule has 1 aromatic rings. The van der Waals surface area contributed by atoms with E-state index in [-0.39, 0.29) is 5.91 Å². The maximum absolute atomic E-state index is 12.7. The minimum atomic E-state index is -4.37. The van der Waals surface area contributed by atoms with Crippen LogP contribution in [-0.2, 0) is 11.0 Å². The van der Waals surface area contributed by atoms with Gasteiger partial charge in [-0.25, -0.2) is 0 Å². The van der Waals surface area contributed by atoms with Crippen molar-refractivity contribution in [2.24, 2.45) is 5.92 Å². The van der Waals surface area contributed by atoms with E-state index in [0.717, 1.165) is 31.5 Å². The summed E-state index contributed by atoms with van der Waals surface area (Å²) in [6.07, 6.45) is 0.467. The molecule has 126 valence electrons. The first kappa shape index (κ1) is 17.5. The number of amides is 1. The number of hydrogen-bond acceptors (Lipinski definition) is 2. The Hall–Kier alpha value is -1.82. The zero-order chi connectivity index (χ0) is 16.9. The summed E-state index contributed by atoms with van der Waals surface area (Å²) in [5.74, 6) is 0.280. The number of alkyl halides is 3. The average molecular weight is 326 g/mol. The van der Waals surface area contributed by atoms with E-state index in [2.05, 4.69) is 5.32 Å². The number of nitrogens with zero attached hydrogens (tertiary/aromatic N) is 1. The van der Waals surface area contributed by atoms with Gasteiger partial charge in [0.2, 0.25) is 5.91 Å². The zero-order valence-corrected chi connectivity index (χ0v) is 13.1. The maximum Gasteiger partial charge on any atom is 0.416 e. The highest BCUT2D eigenvalue weighted by molar-refractivity contribution is 5.91. The van der Waals surface area contributed by atoms with Crippen molar-refractivity contribution in [3.8, 4) is 0 Å². The summed E-state index contributed by atoms with van der Waals surface area (Å²) in [6, 6.07) is 4.96. The fourth-order valence-corrected chi connectivity index (χ4v) is 2.81. The van der Waals surface area contributed by atoms with Crippen LogP contribution in [0.15, 0.2) is 30.3 Å². The second-order valence-corrected chi connectivity index (χ2v) is 5.81. The molecule has 1 fully saturated rings. The number of halogens is 3. The normalized spacial score (nSPS) is 19.3. The predicted molar refractivity (Wildman–Crippen MR) is 83.7 cm³/mol. The number of likely N-dealkylation sites (tertiary alicyclic amines) is 1. The Morgan fingerprint density at radius 2 is 2.22 bits per heavy atom. The smallest absolute Gasteiger partial charge is 0.339 e. The Morgan fingerprint density at radius 3 is 2.91 bits per heavy atom. The monoisotopic (exact) mass is 326 g/mol. The lowest BCUT2D eigenvalue weighted by Gasteiger charge is -2.32. The van der Waals surface area contributed by atoms with Crippen LogP contribution in [0, 0.1) is 5.92 Å². The fraction of sp³-hybridized carbons (Fsp3) is 0.471. The van der Waals surface area contributed by atoms with Crippen molar-refractivity contribution in [1.29, 1.82) is 0 Å². The Kier molecular flexibility index (Phi) is 5.82. The highest BCUT2D eigenvalue weighted by Gasteiger charge is 2.30. The van der Waals surface area contributed by atoms with Gasteiger partial charge < -0.3 is 10.2 Å². The van der Waals surface area contributed by atoms with Crippen LogP contribution in [0.3, 0.4) is 0 Å². The molecule has 0 aliphatic carbocycles. The molecule has 0 aromatic heterocycles. The van der Waals surface area contributed by atoms with E-state index in [1.54, 1.807) is 11.0 Å². The van der Waals surface area contributed by atoms with Crippen molar-refractivity contribution < 1.29 is 18.0 Å². The van der Waals surface area contributed by atoms with E-state index in [1.165, 1.54) is 18.2 Å². The predicted octanol–water partition coefficient (Wildman–Crippen LogP) is 3.18. The van der Waals surface area contributed by atoms with E-state index >= 15 is 0 Å². The minimum Gasteiger partial charge on any atom is -0.339 e. The van der Waals surface area contributed by atoms with E-state index in [4.69, 9.17) is 0 Å². The summed E-state index contributed by atoms with van der Waals surface area (Å²) < 4.78 is 38.0. The quantitative estimate of drug-likeness (QED) is 0.862. The molecule has 0 spiro atoms. The number of piperidine rings is 1. The topological polar surface area (TPSA) is 32.3 Å². The van der Waals surface area contributed by atoms with Crippen LogP contribution in [-0.4, -0.2) is 37.5 Å². The summed E-state index contributed by atoms with van der Waals surface area (Å²) >= 11 is 0. The van der Waals surface area contributed by atoms with Crippen molar-refractivity contribution in [3.05, 3.63) is 41.5 Å². The SMILES string of the molecule is CNCC1CCCN(C(=O)/C=C/c2cccc(C(F)(F)F)c2)C1. The van der Waals surface area contributed by atoms with Gasteiger partial charge in [-0.15, -0.1) is 0 Å². The first-order valence-electron chi connectivity index (χ1n) is 7.69.